The van der Waals surface area contributed by atoms with Crippen molar-refractivity contribution in [2.45, 2.75) is 45.6 Å². The lowest BCUT2D eigenvalue weighted by molar-refractivity contribution is -0.120. The molecule has 0 saturated heterocycles. The van der Waals surface area contributed by atoms with Gasteiger partial charge < -0.3 is 10.6 Å². The standard InChI is InChI=1S/C20H26N2O2S/c1-14(12-20(3,4)16-8-6-5-7-9-16)22-18(23)13-21-19(24)17-11-10-15(2)25-17/h5-11,14H,12-13H2,1-4H3,(H,21,24)(H,22,23). The van der Waals surface area contributed by atoms with E-state index in [1.165, 1.54) is 16.9 Å². The van der Waals surface area contributed by atoms with Crippen molar-refractivity contribution in [3.8, 4) is 0 Å². The molecule has 0 spiro atoms. The fourth-order valence-corrected chi connectivity index (χ4v) is 3.74. The highest BCUT2D eigenvalue weighted by Gasteiger charge is 2.24. The number of carbonyl (C=O) groups excluding carboxylic acids is 2. The molecule has 0 radical (unpaired) electrons. The zero-order valence-corrected chi connectivity index (χ0v) is 16.1. The first-order valence-corrected chi connectivity index (χ1v) is 9.29. The third kappa shape index (κ3) is 5.71. The van der Waals surface area contributed by atoms with Crippen LogP contribution in [0.25, 0.3) is 0 Å². The summed E-state index contributed by atoms with van der Waals surface area (Å²) in [5, 5.41) is 5.64. The van der Waals surface area contributed by atoms with Crippen molar-refractivity contribution in [3.05, 3.63) is 57.8 Å². The Labute approximate surface area is 153 Å². The monoisotopic (exact) mass is 358 g/mol. The molecule has 2 amide bonds. The zero-order valence-electron chi connectivity index (χ0n) is 15.3. The summed E-state index contributed by atoms with van der Waals surface area (Å²) in [6.07, 6.45) is 0.820. The lowest BCUT2D eigenvalue weighted by atomic mass is 9.79. The van der Waals surface area contributed by atoms with Crippen molar-refractivity contribution in [1.82, 2.24) is 10.6 Å². The number of hydrogen-bond acceptors (Lipinski definition) is 3. The minimum atomic E-state index is -0.203. The Hall–Kier alpha value is -2.14. The Balaban J connectivity index is 1.81. The summed E-state index contributed by atoms with van der Waals surface area (Å²) in [6, 6.07) is 14.0. The van der Waals surface area contributed by atoms with Crippen molar-refractivity contribution in [2.24, 2.45) is 0 Å². The summed E-state index contributed by atoms with van der Waals surface area (Å²) >= 11 is 1.42. The number of carbonyl (C=O) groups is 2. The molecule has 2 rings (SSSR count). The van der Waals surface area contributed by atoms with Crippen LogP contribution in [0.5, 0.6) is 0 Å². The van der Waals surface area contributed by atoms with Crippen LogP contribution in [0.1, 0.15) is 47.3 Å². The number of rotatable bonds is 7. The Morgan fingerprint density at radius 2 is 1.80 bits per heavy atom. The van der Waals surface area contributed by atoms with Gasteiger partial charge in [-0.2, -0.15) is 0 Å². The fraction of sp³-hybridized carbons (Fsp3) is 0.400. The summed E-state index contributed by atoms with van der Waals surface area (Å²) in [5.41, 5.74) is 1.21. The molecule has 0 saturated carbocycles. The van der Waals surface area contributed by atoms with E-state index in [-0.39, 0.29) is 29.8 Å². The highest BCUT2D eigenvalue weighted by atomic mass is 32.1. The first-order chi connectivity index (χ1) is 11.8. The molecule has 1 unspecified atom stereocenters. The van der Waals surface area contributed by atoms with Gasteiger partial charge in [0.15, 0.2) is 0 Å². The lowest BCUT2D eigenvalue weighted by Gasteiger charge is -2.29. The highest BCUT2D eigenvalue weighted by Crippen LogP contribution is 2.28. The van der Waals surface area contributed by atoms with Gasteiger partial charge in [0, 0.05) is 10.9 Å². The van der Waals surface area contributed by atoms with E-state index < -0.39 is 0 Å². The van der Waals surface area contributed by atoms with E-state index >= 15 is 0 Å². The van der Waals surface area contributed by atoms with E-state index in [4.69, 9.17) is 0 Å². The summed E-state index contributed by atoms with van der Waals surface area (Å²) < 4.78 is 0. The Morgan fingerprint density at radius 3 is 2.40 bits per heavy atom. The molecule has 2 aromatic rings. The Kier molecular flexibility index (Phi) is 6.37. The molecule has 2 N–H and O–H groups in total. The third-order valence-corrected chi connectivity index (χ3v) is 5.15. The number of thiophene rings is 1. The number of nitrogens with one attached hydrogen (secondary N) is 2. The van der Waals surface area contributed by atoms with Gasteiger partial charge in [-0.25, -0.2) is 0 Å². The summed E-state index contributed by atoms with van der Waals surface area (Å²) in [5.74, 6) is -0.372. The number of benzene rings is 1. The van der Waals surface area contributed by atoms with Gasteiger partial charge in [0.05, 0.1) is 11.4 Å². The van der Waals surface area contributed by atoms with Gasteiger partial charge in [-0.1, -0.05) is 44.2 Å². The smallest absolute Gasteiger partial charge is 0.261 e. The molecule has 0 aliphatic carbocycles. The van der Waals surface area contributed by atoms with Crippen LogP contribution < -0.4 is 10.6 Å². The maximum absolute atomic E-state index is 12.1. The third-order valence-electron chi connectivity index (χ3n) is 4.15. The SMILES string of the molecule is Cc1ccc(C(=O)NCC(=O)NC(C)CC(C)(C)c2ccccc2)s1. The van der Waals surface area contributed by atoms with Crippen LogP contribution in [0.2, 0.25) is 0 Å². The summed E-state index contributed by atoms with van der Waals surface area (Å²) in [4.78, 5) is 25.8. The molecule has 4 nitrogen and oxygen atoms in total. The van der Waals surface area contributed by atoms with Gasteiger partial charge >= 0.3 is 0 Å². The van der Waals surface area contributed by atoms with E-state index in [0.717, 1.165) is 11.3 Å². The van der Waals surface area contributed by atoms with Gasteiger partial charge in [-0.3, -0.25) is 9.59 Å². The molecular weight excluding hydrogens is 332 g/mol. The molecule has 1 aromatic heterocycles. The topological polar surface area (TPSA) is 58.2 Å². The molecule has 0 aliphatic rings. The lowest BCUT2D eigenvalue weighted by Crippen LogP contribution is -2.42. The second-order valence-corrected chi connectivity index (χ2v) is 8.30. The average molecular weight is 359 g/mol. The van der Waals surface area contributed by atoms with Crippen LogP contribution >= 0.6 is 11.3 Å². The van der Waals surface area contributed by atoms with E-state index in [0.29, 0.717) is 4.88 Å². The van der Waals surface area contributed by atoms with Crippen molar-refractivity contribution >= 4 is 23.2 Å². The molecule has 0 fully saturated rings. The molecule has 1 atom stereocenters. The second kappa shape index (κ2) is 8.30. The van der Waals surface area contributed by atoms with E-state index in [9.17, 15) is 9.59 Å². The predicted octanol–water partition coefficient (Wildman–Crippen LogP) is 3.66. The predicted molar refractivity (Wildman–Crippen MR) is 103 cm³/mol. The van der Waals surface area contributed by atoms with E-state index in [1.807, 2.05) is 38.1 Å². The molecule has 5 heteroatoms. The zero-order chi connectivity index (χ0) is 18.4. The summed E-state index contributed by atoms with van der Waals surface area (Å²) in [7, 11) is 0. The van der Waals surface area contributed by atoms with Gasteiger partial charge in [-0.15, -0.1) is 11.3 Å². The van der Waals surface area contributed by atoms with Gasteiger partial charge in [0.1, 0.15) is 0 Å². The normalized spacial score (nSPS) is 12.5. The van der Waals surface area contributed by atoms with Gasteiger partial charge in [-0.05, 0) is 43.4 Å². The quantitative estimate of drug-likeness (QED) is 0.793. The minimum Gasteiger partial charge on any atom is -0.352 e. The van der Waals surface area contributed by atoms with Crippen LogP contribution in [0.4, 0.5) is 0 Å². The molecular formula is C20H26N2O2S. The van der Waals surface area contributed by atoms with Crippen LogP contribution in [0.3, 0.4) is 0 Å². The average Bonchev–Trinajstić information content (AvgIpc) is 2.99. The van der Waals surface area contributed by atoms with E-state index in [2.05, 4.69) is 36.6 Å². The van der Waals surface area contributed by atoms with Crippen molar-refractivity contribution in [1.29, 1.82) is 0 Å². The molecule has 1 aromatic carbocycles. The molecule has 0 aliphatic heterocycles. The highest BCUT2D eigenvalue weighted by molar-refractivity contribution is 7.13. The number of aryl methyl sites for hydroxylation is 1. The van der Waals surface area contributed by atoms with Crippen LogP contribution in [-0.2, 0) is 10.2 Å². The van der Waals surface area contributed by atoms with Crippen molar-refractivity contribution < 1.29 is 9.59 Å². The van der Waals surface area contributed by atoms with Gasteiger partial charge in [0.2, 0.25) is 5.91 Å². The van der Waals surface area contributed by atoms with Crippen LogP contribution in [0.15, 0.2) is 42.5 Å². The maximum Gasteiger partial charge on any atom is 0.261 e. The maximum atomic E-state index is 12.1. The Bertz CT molecular complexity index is 722. The molecule has 25 heavy (non-hydrogen) atoms. The number of hydrogen-bond donors (Lipinski definition) is 2. The van der Waals surface area contributed by atoms with Crippen molar-refractivity contribution in [3.63, 3.8) is 0 Å². The van der Waals surface area contributed by atoms with Crippen LogP contribution in [-0.4, -0.2) is 24.4 Å². The fourth-order valence-electron chi connectivity index (χ4n) is 2.95. The molecule has 0 bridgehead atoms. The van der Waals surface area contributed by atoms with E-state index in [1.54, 1.807) is 6.07 Å². The number of amides is 2. The molecule has 134 valence electrons. The Morgan fingerprint density at radius 1 is 1.12 bits per heavy atom. The molecule has 1 heterocycles. The first kappa shape index (κ1) is 19.2. The second-order valence-electron chi connectivity index (χ2n) is 7.02. The van der Waals surface area contributed by atoms with Crippen LogP contribution in [0, 0.1) is 6.92 Å². The minimum absolute atomic E-state index is 0.00805. The largest absolute Gasteiger partial charge is 0.352 e. The summed E-state index contributed by atoms with van der Waals surface area (Å²) in [6.45, 7) is 8.28. The van der Waals surface area contributed by atoms with Gasteiger partial charge in [0.25, 0.3) is 5.91 Å². The first-order valence-electron chi connectivity index (χ1n) is 8.47. The van der Waals surface area contributed by atoms with Crippen molar-refractivity contribution in [2.75, 3.05) is 6.54 Å².